The van der Waals surface area contributed by atoms with Gasteiger partial charge in [-0.2, -0.15) is 0 Å². The van der Waals surface area contributed by atoms with Gasteiger partial charge in [-0.15, -0.1) is 0 Å². The Morgan fingerprint density at radius 2 is 0.724 bits per heavy atom. The van der Waals surface area contributed by atoms with E-state index in [4.69, 9.17) is 66.3 Å². The molecule has 0 aromatic rings. The van der Waals surface area contributed by atoms with E-state index in [1.54, 1.807) is 0 Å². The zero-order valence-electron chi connectivity index (χ0n) is 82.9. The Bertz CT molecular complexity index is 3860. The summed E-state index contributed by atoms with van der Waals surface area (Å²) in [6, 6.07) is -9.64. The van der Waals surface area contributed by atoms with Crippen molar-refractivity contribution in [3.63, 3.8) is 0 Å². The molecule has 7 aliphatic heterocycles. The average molecular weight is 2110 g/mol. The zero-order chi connectivity index (χ0) is 108. The number of carboxylic acids is 3. The molecule has 145 heavy (non-hydrogen) atoms. The van der Waals surface area contributed by atoms with Gasteiger partial charge in [0, 0.05) is 53.4 Å². The minimum absolute atomic E-state index is 0.0428. The van der Waals surface area contributed by atoms with Crippen LogP contribution < -0.4 is 26.6 Å². The molecule has 5 amide bonds. The lowest BCUT2D eigenvalue weighted by Gasteiger charge is -2.53. The van der Waals surface area contributed by atoms with E-state index in [9.17, 15) is 171 Å². The Morgan fingerprint density at radius 1 is 0.366 bits per heavy atom. The van der Waals surface area contributed by atoms with Gasteiger partial charge in [0.1, 0.15) is 159 Å². The minimum atomic E-state index is -3.68. The van der Waals surface area contributed by atoms with E-state index < -0.39 is 369 Å². The number of amides is 5. The third-order valence-electron chi connectivity index (χ3n) is 27.2. The van der Waals surface area contributed by atoms with Crippen LogP contribution in [0.4, 0.5) is 0 Å². The van der Waals surface area contributed by atoms with Gasteiger partial charge in [-0.3, -0.25) is 24.0 Å². The lowest BCUT2D eigenvalue weighted by atomic mass is 9.87. The van der Waals surface area contributed by atoms with Crippen LogP contribution in [-0.4, -0.2) is 483 Å². The Hall–Kier alpha value is -5.72. The first-order valence-corrected chi connectivity index (χ1v) is 50.1. The number of rotatable bonds is 63. The van der Waals surface area contributed by atoms with Crippen molar-refractivity contribution in [3.05, 3.63) is 0 Å². The monoisotopic (exact) mass is 2100 g/mol. The van der Waals surface area contributed by atoms with Crippen molar-refractivity contribution >= 4 is 47.4 Å². The Morgan fingerprint density at radius 3 is 1.14 bits per heavy atom. The second-order valence-electron chi connectivity index (χ2n) is 39.1. The fourth-order valence-corrected chi connectivity index (χ4v) is 19.2. The van der Waals surface area contributed by atoms with Crippen LogP contribution >= 0.6 is 0 Å². The zero-order valence-corrected chi connectivity index (χ0v) is 82.9. The van der Waals surface area contributed by atoms with Crippen molar-refractivity contribution in [2.45, 2.75) is 472 Å². The lowest BCUT2D eigenvalue weighted by Crippen LogP contribution is -2.73. The van der Waals surface area contributed by atoms with E-state index in [1.165, 1.54) is 38.5 Å². The van der Waals surface area contributed by atoms with Gasteiger partial charge in [0.05, 0.1) is 101 Å². The van der Waals surface area contributed by atoms with Gasteiger partial charge in [0.15, 0.2) is 25.2 Å². The number of hydrogen-bond acceptors (Lipinski definition) is 45. The Kier molecular flexibility index (Phi) is 52.8. The van der Waals surface area contributed by atoms with Crippen LogP contribution in [0.25, 0.3) is 0 Å². The van der Waals surface area contributed by atoms with Gasteiger partial charge in [0.2, 0.25) is 29.5 Å². The standard InChI is InChI=1S/C92H161N5O48/c1-8-9-10-11-12-13-14-15-16-17-22-25-28-31-60(115)97-48(65(116)49(109)30-27-24-21-19-18-20-23-26-29-43(2)3)42-132-84-72(123)71(122)75(58(40-103)136-84)138-86-73(124)81(70(121)57(39-102)135-86)139-83-64(96-47(7)108)80(69(120)55(37-100)133-83)144-91(88(128)129)33-52(112)63(95-46(6)107)79(143-91)68(119)56(38-101)134-85-74(125)82(145-92(89(130)131)34-51(111)62(94-45(5)106)78(142-92)67(118)54(114)36-99)76(59(41-104)137-85)140-90(87(126)127)32-50(110)61(93-44(4)105)77(141-90)66(117)53(113)35-98/h43,48-59,61-86,98-104,109-114,116-125H,8-42H2,1-7H3,(H,93,105)(H,94,106)(H,95,107)(H,96,108)(H,97,115)(H,126,127)(H,128,129)(H,130,131). The number of aliphatic hydroxyl groups is 23. The molecule has 7 fully saturated rings. The largest absolute Gasteiger partial charge is 0.477 e. The molecule has 7 saturated heterocycles. The van der Waals surface area contributed by atoms with Crippen LogP contribution in [0.5, 0.6) is 0 Å². The fraction of sp³-hybridized carbons (Fsp3) is 0.913. The number of carbonyl (C=O) groups is 8. The predicted octanol–water partition coefficient (Wildman–Crippen LogP) is -8.81. The van der Waals surface area contributed by atoms with Crippen molar-refractivity contribution in [2.75, 3.05) is 52.9 Å². The number of carbonyl (C=O) groups excluding carboxylic acids is 5. The molecule has 0 radical (unpaired) electrons. The number of nitrogens with one attached hydrogen (secondary N) is 5. The van der Waals surface area contributed by atoms with E-state index in [2.05, 4.69) is 47.4 Å². The van der Waals surface area contributed by atoms with E-state index >= 15 is 0 Å². The minimum Gasteiger partial charge on any atom is -0.477 e. The topological polar surface area (TPSA) is 852 Å². The van der Waals surface area contributed by atoms with Crippen LogP contribution in [0, 0.1) is 5.92 Å². The molecule has 41 unspecified atom stereocenters. The van der Waals surface area contributed by atoms with E-state index in [1.807, 2.05) is 0 Å². The molecular formula is C92H161N5O48. The van der Waals surface area contributed by atoms with Gasteiger partial charge in [0.25, 0.3) is 17.4 Å². The third kappa shape index (κ3) is 34.6. The van der Waals surface area contributed by atoms with E-state index in [0.717, 1.165) is 118 Å². The SMILES string of the molecule is CCCCCCCCCCCCCCCC(=O)NC(COC1OC(CO)C(OC2OC(CO)C(O)C(OC3OC(CO)C(O)C(OC4(C(=O)O)CC(O)C(NC(C)=O)C(C(O)C(CO)OC5OC(CO)C(OC6(C(=O)O)CC(O)C(NC(C)=O)C(C(O)C(O)CO)O6)C(OC6(C(=O)O)CC(O)C(NC(C)=O)C(C(O)C(O)CO)O6)C5O)O4)C3NC(C)=O)C2O)C(O)C1O)C(O)C(O)CCCCCCCCCCC(C)C. The van der Waals surface area contributed by atoms with Gasteiger partial charge >= 0.3 is 17.9 Å². The molecule has 0 aromatic heterocycles. The van der Waals surface area contributed by atoms with Crippen molar-refractivity contribution in [1.82, 2.24) is 26.6 Å². The molecule has 0 aliphatic carbocycles. The maximum absolute atomic E-state index is 14.3. The molecular weight excluding hydrogens is 1940 g/mol. The molecule has 0 saturated carbocycles. The summed E-state index contributed by atoms with van der Waals surface area (Å²) in [6.45, 7) is -0.166. The van der Waals surface area contributed by atoms with Gasteiger partial charge < -0.3 is 226 Å². The van der Waals surface area contributed by atoms with Gasteiger partial charge in [-0.25, -0.2) is 14.4 Å². The number of ether oxygens (including phenoxy) is 14. The summed E-state index contributed by atoms with van der Waals surface area (Å²) in [4.78, 5) is 107. The normalized spacial score (nSPS) is 36.0. The fourth-order valence-electron chi connectivity index (χ4n) is 19.2. The van der Waals surface area contributed by atoms with Crippen molar-refractivity contribution < 1.29 is 237 Å². The molecule has 0 bridgehead atoms. The van der Waals surface area contributed by atoms with Crippen molar-refractivity contribution in [2.24, 2.45) is 5.92 Å². The predicted molar refractivity (Wildman–Crippen MR) is 489 cm³/mol. The summed E-state index contributed by atoms with van der Waals surface area (Å²) in [5.74, 6) is -22.1. The summed E-state index contributed by atoms with van der Waals surface area (Å²) in [7, 11) is 0. The smallest absolute Gasteiger partial charge is 0.364 e. The molecule has 53 nitrogen and oxygen atoms in total. The third-order valence-corrected chi connectivity index (χ3v) is 27.2. The van der Waals surface area contributed by atoms with E-state index in [0.29, 0.717) is 18.8 Å². The van der Waals surface area contributed by atoms with E-state index in [-0.39, 0.29) is 12.8 Å². The molecule has 41 atom stereocenters. The highest BCUT2D eigenvalue weighted by atomic mass is 16.8. The summed E-state index contributed by atoms with van der Waals surface area (Å²) in [6.07, 6.45) is -58.9. The number of aliphatic carboxylic acids is 3. The second kappa shape index (κ2) is 60.7. The highest BCUT2D eigenvalue weighted by Gasteiger charge is 2.67. The molecule has 0 aromatic carbocycles. The van der Waals surface area contributed by atoms with Crippen LogP contribution in [0.15, 0.2) is 0 Å². The van der Waals surface area contributed by atoms with Crippen LogP contribution in [0.1, 0.15) is 222 Å². The first-order chi connectivity index (χ1) is 68.6. The van der Waals surface area contributed by atoms with Gasteiger partial charge in [-0.1, -0.05) is 156 Å². The summed E-state index contributed by atoms with van der Waals surface area (Å²) >= 11 is 0. The molecule has 7 heterocycles. The molecule has 7 aliphatic rings. The summed E-state index contributed by atoms with van der Waals surface area (Å²) in [5, 5.41) is 309. The number of unbranched alkanes of at least 4 members (excludes halogenated alkanes) is 19. The maximum atomic E-state index is 14.3. The van der Waals surface area contributed by atoms with Crippen molar-refractivity contribution in [1.29, 1.82) is 0 Å². The molecule has 0 spiro atoms. The first kappa shape index (κ1) is 126. The summed E-state index contributed by atoms with van der Waals surface area (Å²) in [5.41, 5.74) is 0. The first-order valence-electron chi connectivity index (χ1n) is 50.1. The van der Waals surface area contributed by atoms with Gasteiger partial charge in [-0.05, 0) is 18.8 Å². The number of aliphatic hydroxyl groups excluding tert-OH is 23. The molecule has 31 N–H and O–H groups in total. The number of hydrogen-bond donors (Lipinski definition) is 31. The Balaban J connectivity index is 1.16. The van der Waals surface area contributed by atoms with Crippen LogP contribution in [0.2, 0.25) is 0 Å². The molecule has 7 rings (SSSR count). The van der Waals surface area contributed by atoms with Crippen LogP contribution in [0.3, 0.4) is 0 Å². The van der Waals surface area contributed by atoms with Crippen molar-refractivity contribution in [3.8, 4) is 0 Å². The van der Waals surface area contributed by atoms with Crippen LogP contribution in [-0.2, 0) is 105 Å². The highest BCUT2D eigenvalue weighted by molar-refractivity contribution is 5.79. The Labute approximate surface area is 838 Å². The molecule has 53 heteroatoms. The lowest BCUT2D eigenvalue weighted by molar-refractivity contribution is -0.404. The quantitative estimate of drug-likeness (QED) is 0.0252. The highest BCUT2D eigenvalue weighted by Crippen LogP contribution is 2.45. The summed E-state index contributed by atoms with van der Waals surface area (Å²) < 4.78 is 83.5. The molecule has 842 valence electrons. The second-order valence-corrected chi connectivity index (χ2v) is 39.1. The maximum Gasteiger partial charge on any atom is 0.364 e. The average Bonchev–Trinajstić information content (AvgIpc) is 0.739. The number of carboxylic acid groups (broad SMARTS) is 3.